The number of carbonyl (C=O) groups is 1. The molecule has 1 N–H and O–H groups in total. The third-order valence-corrected chi connectivity index (χ3v) is 5.72. The summed E-state index contributed by atoms with van der Waals surface area (Å²) in [5.41, 5.74) is 2.05. The number of nitrogens with zero attached hydrogens (tertiary/aromatic N) is 2. The number of piperidine rings is 1. The van der Waals surface area contributed by atoms with Crippen molar-refractivity contribution < 1.29 is 9.53 Å². The van der Waals surface area contributed by atoms with Gasteiger partial charge < -0.3 is 19.9 Å². The van der Waals surface area contributed by atoms with Crippen molar-refractivity contribution in [1.29, 1.82) is 0 Å². The van der Waals surface area contributed by atoms with Gasteiger partial charge in [0.2, 0.25) is 5.91 Å². The second kappa shape index (κ2) is 7.75. The van der Waals surface area contributed by atoms with Gasteiger partial charge in [-0.2, -0.15) is 0 Å². The van der Waals surface area contributed by atoms with Crippen molar-refractivity contribution in [3.05, 3.63) is 24.3 Å². The van der Waals surface area contributed by atoms with Crippen LogP contribution in [0.25, 0.3) is 0 Å². The van der Waals surface area contributed by atoms with Crippen LogP contribution in [0.15, 0.2) is 24.3 Å². The number of anilines is 2. The van der Waals surface area contributed by atoms with Crippen molar-refractivity contribution in [2.24, 2.45) is 5.92 Å². The van der Waals surface area contributed by atoms with Crippen molar-refractivity contribution in [3.63, 3.8) is 0 Å². The van der Waals surface area contributed by atoms with Gasteiger partial charge in [-0.05, 0) is 56.8 Å². The third kappa shape index (κ3) is 4.33. The fraction of sp³-hybridized carbons (Fsp3) is 0.650. The number of hydrogen-bond acceptors (Lipinski definition) is 4. The van der Waals surface area contributed by atoms with E-state index in [1.165, 1.54) is 25.9 Å². The zero-order chi connectivity index (χ0) is 17.1. The monoisotopic (exact) mass is 343 g/mol. The minimum Gasteiger partial charge on any atom is -0.378 e. The molecule has 0 aromatic heterocycles. The van der Waals surface area contributed by atoms with Gasteiger partial charge in [-0.3, -0.25) is 4.79 Å². The highest BCUT2D eigenvalue weighted by Crippen LogP contribution is 2.32. The van der Waals surface area contributed by atoms with E-state index in [0.29, 0.717) is 12.3 Å². The molecule has 2 heterocycles. The molecule has 5 heteroatoms. The van der Waals surface area contributed by atoms with Gasteiger partial charge in [0.15, 0.2) is 0 Å². The van der Waals surface area contributed by atoms with Crippen LogP contribution in [0, 0.1) is 5.92 Å². The molecule has 0 unspecified atom stereocenters. The lowest BCUT2D eigenvalue weighted by atomic mass is 9.93. The molecule has 1 saturated carbocycles. The van der Waals surface area contributed by atoms with E-state index in [-0.39, 0.29) is 5.91 Å². The molecule has 3 aliphatic rings. The predicted molar refractivity (Wildman–Crippen MR) is 100 cm³/mol. The second-order valence-electron chi connectivity index (χ2n) is 7.58. The summed E-state index contributed by atoms with van der Waals surface area (Å²) in [5.74, 6) is 0.691. The lowest BCUT2D eigenvalue weighted by molar-refractivity contribution is -0.117. The molecule has 136 valence electrons. The van der Waals surface area contributed by atoms with Gasteiger partial charge in [-0.25, -0.2) is 0 Å². The first-order valence-corrected chi connectivity index (χ1v) is 9.75. The van der Waals surface area contributed by atoms with Crippen molar-refractivity contribution in [2.45, 2.75) is 38.1 Å². The zero-order valence-corrected chi connectivity index (χ0v) is 15.0. The molecule has 1 aliphatic carbocycles. The lowest BCUT2D eigenvalue weighted by Crippen LogP contribution is -2.37. The number of benzene rings is 1. The fourth-order valence-corrected chi connectivity index (χ4v) is 4.08. The Morgan fingerprint density at radius 3 is 2.48 bits per heavy atom. The Morgan fingerprint density at radius 1 is 1.04 bits per heavy atom. The summed E-state index contributed by atoms with van der Waals surface area (Å²) in [6.45, 7) is 5.61. The Balaban J connectivity index is 1.31. The normalized spacial score (nSPS) is 22.8. The Hall–Kier alpha value is -1.59. The van der Waals surface area contributed by atoms with E-state index in [0.717, 1.165) is 56.6 Å². The maximum absolute atomic E-state index is 12.6. The van der Waals surface area contributed by atoms with Crippen molar-refractivity contribution >= 4 is 17.3 Å². The number of para-hydroxylation sites is 2. The maximum Gasteiger partial charge on any atom is 0.224 e. The van der Waals surface area contributed by atoms with E-state index < -0.39 is 0 Å². The highest BCUT2D eigenvalue weighted by Gasteiger charge is 2.32. The van der Waals surface area contributed by atoms with Gasteiger partial charge in [0.1, 0.15) is 0 Å². The molecular weight excluding hydrogens is 314 g/mol. The van der Waals surface area contributed by atoms with E-state index in [2.05, 4.69) is 21.2 Å². The number of carbonyl (C=O) groups excluding carboxylic acids is 1. The van der Waals surface area contributed by atoms with Crippen LogP contribution in [-0.4, -0.2) is 56.2 Å². The first-order chi connectivity index (χ1) is 12.3. The summed E-state index contributed by atoms with van der Waals surface area (Å²) in [6.07, 6.45) is 5.73. The average molecular weight is 343 g/mol. The highest BCUT2D eigenvalue weighted by atomic mass is 16.5. The van der Waals surface area contributed by atoms with E-state index >= 15 is 0 Å². The molecule has 1 aromatic carbocycles. The molecule has 0 radical (unpaired) electrons. The molecule has 0 bridgehead atoms. The van der Waals surface area contributed by atoms with Gasteiger partial charge in [0.25, 0.3) is 0 Å². The summed E-state index contributed by atoms with van der Waals surface area (Å²) >= 11 is 0. The average Bonchev–Trinajstić information content (AvgIpc) is 3.49. The van der Waals surface area contributed by atoms with Crippen LogP contribution >= 0.6 is 0 Å². The summed E-state index contributed by atoms with van der Waals surface area (Å²) in [5, 5.41) is 3.17. The van der Waals surface area contributed by atoms with E-state index in [9.17, 15) is 4.79 Å². The Bertz CT molecular complexity index is 588. The first-order valence-electron chi connectivity index (χ1n) is 9.75. The van der Waals surface area contributed by atoms with Crippen LogP contribution in [0.3, 0.4) is 0 Å². The van der Waals surface area contributed by atoms with E-state index in [4.69, 9.17) is 4.74 Å². The quantitative estimate of drug-likeness (QED) is 0.893. The topological polar surface area (TPSA) is 44.8 Å². The van der Waals surface area contributed by atoms with Gasteiger partial charge in [0.05, 0.1) is 24.6 Å². The minimum atomic E-state index is 0.158. The number of morpholine rings is 1. The summed E-state index contributed by atoms with van der Waals surface area (Å²) in [4.78, 5) is 17.5. The summed E-state index contributed by atoms with van der Waals surface area (Å²) in [7, 11) is 0. The Kier molecular flexibility index (Phi) is 5.22. The number of rotatable bonds is 5. The molecular formula is C20H29N3O2. The van der Waals surface area contributed by atoms with Crippen LogP contribution in [0.2, 0.25) is 0 Å². The number of nitrogens with one attached hydrogen (secondary N) is 1. The van der Waals surface area contributed by atoms with Gasteiger partial charge in [-0.15, -0.1) is 0 Å². The number of amides is 1. The highest BCUT2D eigenvalue weighted by molar-refractivity contribution is 5.94. The van der Waals surface area contributed by atoms with Crippen LogP contribution < -0.4 is 10.2 Å². The Morgan fingerprint density at radius 2 is 1.76 bits per heavy atom. The molecule has 5 nitrogen and oxygen atoms in total. The molecule has 3 fully saturated rings. The molecule has 1 aromatic rings. The van der Waals surface area contributed by atoms with Crippen LogP contribution in [0.1, 0.15) is 32.1 Å². The molecule has 2 saturated heterocycles. The van der Waals surface area contributed by atoms with Gasteiger partial charge >= 0.3 is 0 Å². The molecule has 2 aliphatic heterocycles. The zero-order valence-electron chi connectivity index (χ0n) is 15.0. The molecule has 4 rings (SSSR count). The number of ether oxygens (including phenoxy) is 1. The molecule has 25 heavy (non-hydrogen) atoms. The first kappa shape index (κ1) is 16.9. The van der Waals surface area contributed by atoms with E-state index in [1.54, 1.807) is 0 Å². The smallest absolute Gasteiger partial charge is 0.224 e. The SMILES string of the molecule is O=C(CC1CCN(C2CC2)CC1)Nc1ccccc1N1CCOCC1. The standard InChI is InChI=1S/C20H29N3O2/c24-20(15-16-7-9-22(10-8-16)17-5-6-17)21-18-3-1-2-4-19(18)23-11-13-25-14-12-23/h1-4,16-17H,5-15H2,(H,21,24). The Labute approximate surface area is 150 Å². The van der Waals surface area contributed by atoms with Crippen LogP contribution in [0.4, 0.5) is 11.4 Å². The van der Waals surface area contributed by atoms with Gasteiger partial charge in [0, 0.05) is 25.6 Å². The molecule has 0 spiro atoms. The van der Waals surface area contributed by atoms with Gasteiger partial charge in [-0.1, -0.05) is 12.1 Å². The molecule has 0 atom stereocenters. The van der Waals surface area contributed by atoms with Crippen molar-refractivity contribution in [1.82, 2.24) is 4.90 Å². The lowest BCUT2D eigenvalue weighted by Gasteiger charge is -2.32. The summed E-state index contributed by atoms with van der Waals surface area (Å²) < 4.78 is 5.44. The van der Waals surface area contributed by atoms with Crippen LogP contribution in [0.5, 0.6) is 0 Å². The molecule has 1 amide bonds. The van der Waals surface area contributed by atoms with Crippen molar-refractivity contribution in [3.8, 4) is 0 Å². The van der Waals surface area contributed by atoms with E-state index in [1.807, 2.05) is 18.2 Å². The predicted octanol–water partition coefficient (Wildman–Crippen LogP) is 2.73. The van der Waals surface area contributed by atoms with Crippen molar-refractivity contribution in [2.75, 3.05) is 49.6 Å². The maximum atomic E-state index is 12.6. The number of hydrogen-bond donors (Lipinski definition) is 1. The fourth-order valence-electron chi connectivity index (χ4n) is 4.08. The largest absolute Gasteiger partial charge is 0.378 e. The second-order valence-corrected chi connectivity index (χ2v) is 7.58. The third-order valence-electron chi connectivity index (χ3n) is 5.72. The number of likely N-dealkylation sites (tertiary alicyclic amines) is 1. The van der Waals surface area contributed by atoms with Crippen LogP contribution in [-0.2, 0) is 9.53 Å². The minimum absolute atomic E-state index is 0.158. The summed E-state index contributed by atoms with van der Waals surface area (Å²) in [6, 6.07) is 8.99.